The maximum Gasteiger partial charge on any atom is 0.331 e. The van der Waals surface area contributed by atoms with Gasteiger partial charge in [-0.2, -0.15) is 0 Å². The third kappa shape index (κ3) is 5.32. The summed E-state index contributed by atoms with van der Waals surface area (Å²) >= 11 is 0. The molecule has 1 atom stereocenters. The Morgan fingerprint density at radius 2 is 1.93 bits per heavy atom. The van der Waals surface area contributed by atoms with Gasteiger partial charge in [0.25, 0.3) is 11.5 Å². The Hall–Kier alpha value is -4.15. The quantitative estimate of drug-likeness (QED) is 0.475. The number of urea groups is 1. The minimum absolute atomic E-state index is 0.129. The van der Waals surface area contributed by atoms with Gasteiger partial charge in [0.15, 0.2) is 0 Å². The van der Waals surface area contributed by atoms with Gasteiger partial charge in [0, 0.05) is 49.8 Å². The van der Waals surface area contributed by atoms with E-state index in [1.54, 1.807) is 12.1 Å². The summed E-state index contributed by atoms with van der Waals surface area (Å²) in [5, 5.41) is 5.79. The first kappa shape index (κ1) is 27.0. The molecule has 1 aromatic heterocycles. The molecule has 41 heavy (non-hydrogen) atoms. The number of anilines is 1. The van der Waals surface area contributed by atoms with Crippen LogP contribution in [0.5, 0.6) is 5.75 Å². The lowest BCUT2D eigenvalue weighted by Crippen LogP contribution is -2.50. The molecule has 216 valence electrons. The largest absolute Gasteiger partial charge is 0.493 e. The van der Waals surface area contributed by atoms with E-state index in [-0.39, 0.29) is 41.1 Å². The molecule has 1 unspecified atom stereocenters. The molecule has 3 aliphatic rings. The van der Waals surface area contributed by atoms with Gasteiger partial charge in [-0.15, -0.1) is 0 Å². The minimum atomic E-state index is -0.736. The molecular weight excluding hydrogens is 529 g/mol. The first-order valence-electron chi connectivity index (χ1n) is 14.3. The number of benzene rings is 2. The SMILES string of the molecule is CC(C)n1c(=O)n(CC2CC2)c(=O)c2cc(NC(=O)N3CCCC(NC(=O)c4ccc5c(c4)OCC5)C3)c(F)cc21. The molecule has 10 nitrogen and oxygen atoms in total. The smallest absolute Gasteiger partial charge is 0.331 e. The molecule has 2 aromatic carbocycles. The minimum Gasteiger partial charge on any atom is -0.493 e. The fourth-order valence-electron chi connectivity index (χ4n) is 5.76. The normalized spacial score (nSPS) is 18.3. The van der Waals surface area contributed by atoms with E-state index in [1.807, 2.05) is 19.9 Å². The maximum absolute atomic E-state index is 15.3. The van der Waals surface area contributed by atoms with Crippen LogP contribution in [0.1, 0.15) is 61.5 Å². The van der Waals surface area contributed by atoms with Crippen LogP contribution in [0.2, 0.25) is 0 Å². The van der Waals surface area contributed by atoms with Crippen LogP contribution in [0.15, 0.2) is 39.9 Å². The lowest BCUT2D eigenvalue weighted by atomic mass is 10.0. The number of carbonyl (C=O) groups excluding carboxylic acids is 2. The number of hydrogen-bond donors (Lipinski definition) is 2. The lowest BCUT2D eigenvalue weighted by molar-refractivity contribution is 0.0912. The monoisotopic (exact) mass is 563 g/mol. The van der Waals surface area contributed by atoms with Crippen molar-refractivity contribution in [3.05, 3.63) is 68.1 Å². The van der Waals surface area contributed by atoms with Crippen molar-refractivity contribution in [1.29, 1.82) is 0 Å². The van der Waals surface area contributed by atoms with Crippen LogP contribution in [-0.2, 0) is 13.0 Å². The van der Waals surface area contributed by atoms with E-state index >= 15 is 4.39 Å². The highest BCUT2D eigenvalue weighted by atomic mass is 19.1. The lowest BCUT2D eigenvalue weighted by Gasteiger charge is -2.33. The second-order valence-electron chi connectivity index (χ2n) is 11.6. The number of aromatic nitrogens is 2. The summed E-state index contributed by atoms with van der Waals surface area (Å²) in [4.78, 5) is 54.1. The third-order valence-corrected chi connectivity index (χ3v) is 8.16. The molecule has 11 heteroatoms. The van der Waals surface area contributed by atoms with E-state index < -0.39 is 23.1 Å². The summed E-state index contributed by atoms with van der Waals surface area (Å²) < 4.78 is 23.5. The summed E-state index contributed by atoms with van der Waals surface area (Å²) in [7, 11) is 0. The van der Waals surface area contributed by atoms with E-state index in [2.05, 4.69) is 10.6 Å². The number of likely N-dealkylation sites (tertiary alicyclic amines) is 1. The molecule has 3 aromatic rings. The standard InChI is InChI=1S/C30H34FN5O5/c1-17(2)36-25-14-23(31)24(13-22(25)28(38)35(30(36)40)15-18-5-6-18)33-29(39)34-10-3-4-21(16-34)32-27(37)20-8-7-19-9-11-41-26(19)12-20/h7-8,12-14,17-18,21H,3-6,9-11,15-16H2,1-2H3,(H,32,37)(H,33,39). The van der Waals surface area contributed by atoms with E-state index in [1.165, 1.54) is 20.1 Å². The van der Waals surface area contributed by atoms with E-state index in [0.29, 0.717) is 44.0 Å². The average Bonchev–Trinajstić information content (AvgIpc) is 3.65. The second kappa shape index (κ2) is 10.7. The molecular formula is C30H34FN5O5. The highest BCUT2D eigenvalue weighted by Gasteiger charge is 2.28. The van der Waals surface area contributed by atoms with Gasteiger partial charge in [0.2, 0.25) is 0 Å². The summed E-state index contributed by atoms with van der Waals surface area (Å²) in [5.74, 6) is 0.0422. The molecule has 3 amide bonds. The number of piperidine rings is 1. The van der Waals surface area contributed by atoms with E-state index in [9.17, 15) is 19.2 Å². The second-order valence-corrected chi connectivity index (χ2v) is 11.6. The number of amides is 3. The molecule has 0 bridgehead atoms. The summed E-state index contributed by atoms with van der Waals surface area (Å²) in [6.07, 6.45) is 4.13. The van der Waals surface area contributed by atoms with Crippen molar-refractivity contribution in [3.63, 3.8) is 0 Å². The summed E-state index contributed by atoms with van der Waals surface area (Å²) in [6, 6.07) is 6.80. The molecule has 2 aliphatic heterocycles. The fourth-order valence-corrected chi connectivity index (χ4v) is 5.76. The Balaban J connectivity index is 1.20. The zero-order valence-corrected chi connectivity index (χ0v) is 23.2. The fraction of sp³-hybridized carbons (Fsp3) is 0.467. The number of carbonyl (C=O) groups is 2. The van der Waals surface area contributed by atoms with Crippen molar-refractivity contribution < 1.29 is 18.7 Å². The first-order valence-corrected chi connectivity index (χ1v) is 14.3. The highest BCUT2D eigenvalue weighted by Crippen LogP contribution is 2.30. The number of rotatable bonds is 6. The number of nitrogens with one attached hydrogen (secondary N) is 2. The molecule has 1 saturated heterocycles. The average molecular weight is 564 g/mol. The van der Waals surface area contributed by atoms with Crippen molar-refractivity contribution in [2.24, 2.45) is 5.92 Å². The summed E-state index contributed by atoms with van der Waals surface area (Å²) in [5.41, 5.74) is 0.720. The maximum atomic E-state index is 15.3. The molecule has 2 fully saturated rings. The van der Waals surface area contributed by atoms with Gasteiger partial charge >= 0.3 is 11.7 Å². The molecule has 3 heterocycles. The van der Waals surface area contributed by atoms with Crippen LogP contribution in [0.3, 0.4) is 0 Å². The molecule has 1 saturated carbocycles. The number of halogens is 1. The van der Waals surface area contributed by atoms with Gasteiger partial charge in [-0.05, 0) is 69.2 Å². The third-order valence-electron chi connectivity index (χ3n) is 8.16. The Labute approximate surface area is 236 Å². The van der Waals surface area contributed by atoms with Crippen LogP contribution < -0.4 is 26.6 Å². The van der Waals surface area contributed by atoms with Gasteiger partial charge in [-0.1, -0.05) is 6.07 Å². The number of fused-ring (bicyclic) bond motifs is 2. The molecule has 2 N–H and O–H groups in total. The number of ether oxygens (including phenoxy) is 1. The predicted molar refractivity (Wildman–Crippen MR) is 152 cm³/mol. The van der Waals surface area contributed by atoms with Gasteiger partial charge in [0.05, 0.1) is 23.2 Å². The zero-order chi connectivity index (χ0) is 28.8. The molecule has 0 spiro atoms. The van der Waals surface area contributed by atoms with Crippen LogP contribution >= 0.6 is 0 Å². The van der Waals surface area contributed by atoms with Gasteiger partial charge in [-0.25, -0.2) is 14.0 Å². The van der Waals surface area contributed by atoms with E-state index in [4.69, 9.17) is 4.74 Å². The van der Waals surface area contributed by atoms with Crippen molar-refractivity contribution in [2.75, 3.05) is 25.0 Å². The summed E-state index contributed by atoms with van der Waals surface area (Å²) in [6.45, 7) is 5.27. The van der Waals surface area contributed by atoms with Crippen molar-refractivity contribution in [2.45, 2.75) is 64.6 Å². The molecule has 0 radical (unpaired) electrons. The zero-order valence-electron chi connectivity index (χ0n) is 23.2. The van der Waals surface area contributed by atoms with Gasteiger partial charge < -0.3 is 20.3 Å². The molecule has 6 rings (SSSR count). The van der Waals surface area contributed by atoms with Crippen LogP contribution in [-0.4, -0.2) is 51.7 Å². The van der Waals surface area contributed by atoms with Gasteiger partial charge in [0.1, 0.15) is 11.6 Å². The van der Waals surface area contributed by atoms with Crippen molar-refractivity contribution in [3.8, 4) is 5.75 Å². The van der Waals surface area contributed by atoms with Crippen molar-refractivity contribution in [1.82, 2.24) is 19.4 Å². The Bertz CT molecular complexity index is 1660. The van der Waals surface area contributed by atoms with Crippen LogP contribution in [0.4, 0.5) is 14.9 Å². The highest BCUT2D eigenvalue weighted by molar-refractivity contribution is 5.95. The van der Waals surface area contributed by atoms with Crippen LogP contribution in [0, 0.1) is 11.7 Å². The number of hydrogen-bond acceptors (Lipinski definition) is 5. The molecule has 1 aliphatic carbocycles. The Morgan fingerprint density at radius 1 is 1.12 bits per heavy atom. The topological polar surface area (TPSA) is 115 Å². The van der Waals surface area contributed by atoms with Gasteiger partial charge in [-0.3, -0.25) is 18.7 Å². The van der Waals surface area contributed by atoms with E-state index in [0.717, 1.165) is 36.6 Å². The van der Waals surface area contributed by atoms with Crippen molar-refractivity contribution >= 4 is 28.5 Å². The number of nitrogens with zero attached hydrogens (tertiary/aromatic N) is 3. The first-order chi connectivity index (χ1) is 19.7. The Kier molecular flexibility index (Phi) is 7.04. The Morgan fingerprint density at radius 3 is 2.68 bits per heavy atom. The van der Waals surface area contributed by atoms with Crippen LogP contribution in [0.25, 0.3) is 10.9 Å². The predicted octanol–water partition coefficient (Wildman–Crippen LogP) is 3.65.